The molecule has 7 nitrogen and oxygen atoms in total. The van der Waals surface area contributed by atoms with Gasteiger partial charge >= 0.3 is 5.97 Å². The molecule has 3 unspecified atom stereocenters. The van der Waals surface area contributed by atoms with Gasteiger partial charge in [0.1, 0.15) is 11.5 Å². The third kappa shape index (κ3) is 5.22. The Morgan fingerprint density at radius 3 is 2.66 bits per heavy atom. The van der Waals surface area contributed by atoms with Crippen LogP contribution in [-0.4, -0.2) is 55.1 Å². The molecule has 2 aliphatic rings. The summed E-state index contributed by atoms with van der Waals surface area (Å²) in [5, 5.41) is 17.4. The van der Waals surface area contributed by atoms with Crippen LogP contribution in [0.5, 0.6) is 0 Å². The Balaban J connectivity index is 0.00000289. The Morgan fingerprint density at radius 1 is 1.28 bits per heavy atom. The molecule has 172 valence electrons. The Hall–Kier alpha value is -2.23. The summed E-state index contributed by atoms with van der Waals surface area (Å²) in [7, 11) is 0. The molecule has 3 atom stereocenters. The number of rotatable bonds is 7. The largest absolute Gasteiger partial charge is 0.480 e. The highest BCUT2D eigenvalue weighted by Gasteiger charge is 2.40. The Morgan fingerprint density at radius 2 is 2.00 bits per heavy atom. The average Bonchev–Trinajstić information content (AvgIpc) is 3.50. The van der Waals surface area contributed by atoms with Gasteiger partial charge < -0.3 is 5.11 Å². The molecule has 1 aromatic carbocycles. The molecule has 1 aliphatic heterocycles. The number of aromatic nitrogens is 3. The molecule has 32 heavy (non-hydrogen) atoms. The van der Waals surface area contributed by atoms with Crippen LogP contribution in [0.1, 0.15) is 49.5 Å². The number of carboxylic acids is 1. The van der Waals surface area contributed by atoms with E-state index in [0.717, 1.165) is 23.2 Å². The van der Waals surface area contributed by atoms with Crippen molar-refractivity contribution < 1.29 is 19.1 Å². The summed E-state index contributed by atoms with van der Waals surface area (Å²) in [5.74, 6) is -1.31. The minimum Gasteiger partial charge on any atom is -0.480 e. The van der Waals surface area contributed by atoms with Gasteiger partial charge in [-0.25, -0.2) is 9.18 Å². The van der Waals surface area contributed by atoms with E-state index in [1.54, 1.807) is 18.2 Å². The Bertz CT molecular complexity index is 1030. The standard InChI is InChI=1S/C22H25FN4O3S.ClH/c1-13(22(29)30)27-24-11-16(25-27)10-15-12-26(9-8-19(15)31)20(21(28)14-6-7-14)17-4-2-3-5-18(17)23;/h2-5,10-11,13-14,19-20,31H,6-9,12H2,1H3,(H,29,30);1H/b15-10+;. The van der Waals surface area contributed by atoms with Crippen molar-refractivity contribution >= 4 is 42.9 Å². The van der Waals surface area contributed by atoms with E-state index in [-0.39, 0.29) is 35.2 Å². The summed E-state index contributed by atoms with van der Waals surface area (Å²) in [6, 6.07) is 4.98. The smallest absolute Gasteiger partial charge is 0.330 e. The van der Waals surface area contributed by atoms with E-state index in [4.69, 9.17) is 5.11 Å². The van der Waals surface area contributed by atoms with Crippen molar-refractivity contribution in [2.24, 2.45) is 5.92 Å². The lowest BCUT2D eigenvalue weighted by Gasteiger charge is -2.37. The third-order valence-corrected chi connectivity index (χ3v) is 6.47. The third-order valence-electron chi connectivity index (χ3n) is 5.88. The SMILES string of the molecule is CC(C(=O)O)n1ncc(/C=C2\CN(C(C(=O)C3CC3)c3ccccc3F)CCC2S)n1.Cl. The topological polar surface area (TPSA) is 88.3 Å². The summed E-state index contributed by atoms with van der Waals surface area (Å²) in [4.78, 5) is 27.4. The number of halogens is 2. The Labute approximate surface area is 197 Å². The van der Waals surface area contributed by atoms with Crippen LogP contribution in [0.3, 0.4) is 0 Å². The molecular formula is C22H26ClFN4O3S. The van der Waals surface area contributed by atoms with Gasteiger partial charge in [0.25, 0.3) is 0 Å². The molecular weight excluding hydrogens is 455 g/mol. The number of Topliss-reactive ketones (excluding diaryl/α,β-unsaturated/α-hetero) is 1. The van der Waals surface area contributed by atoms with Gasteiger partial charge in [0, 0.05) is 29.8 Å². The number of carbonyl (C=O) groups is 2. The van der Waals surface area contributed by atoms with Crippen molar-refractivity contribution in [3.8, 4) is 0 Å². The number of hydrogen-bond acceptors (Lipinski definition) is 6. The van der Waals surface area contributed by atoms with Crippen LogP contribution in [0.2, 0.25) is 0 Å². The summed E-state index contributed by atoms with van der Waals surface area (Å²) >= 11 is 4.69. The van der Waals surface area contributed by atoms with Crippen LogP contribution in [0.4, 0.5) is 4.39 Å². The number of piperidine rings is 1. The van der Waals surface area contributed by atoms with Gasteiger partial charge in [-0.15, -0.1) is 12.4 Å². The molecule has 1 N–H and O–H groups in total. The maximum atomic E-state index is 14.6. The number of benzene rings is 1. The van der Waals surface area contributed by atoms with Crippen molar-refractivity contribution in [3.05, 3.63) is 53.1 Å². The van der Waals surface area contributed by atoms with E-state index < -0.39 is 18.1 Å². The van der Waals surface area contributed by atoms with E-state index in [9.17, 15) is 14.0 Å². The van der Waals surface area contributed by atoms with Gasteiger partial charge in [0.2, 0.25) is 0 Å². The second-order valence-electron chi connectivity index (χ2n) is 8.20. The predicted octanol–water partition coefficient (Wildman–Crippen LogP) is 3.59. The number of hydrogen-bond donors (Lipinski definition) is 2. The molecule has 2 fully saturated rings. The zero-order chi connectivity index (χ0) is 22.1. The molecule has 1 saturated carbocycles. The highest BCUT2D eigenvalue weighted by Crippen LogP contribution is 2.39. The maximum Gasteiger partial charge on any atom is 0.330 e. The fourth-order valence-corrected chi connectivity index (χ4v) is 4.17. The molecule has 2 heterocycles. The summed E-state index contributed by atoms with van der Waals surface area (Å²) in [6.07, 6.45) is 5.77. The first-order valence-electron chi connectivity index (χ1n) is 10.4. The van der Waals surface area contributed by atoms with Crippen molar-refractivity contribution in [3.63, 3.8) is 0 Å². The van der Waals surface area contributed by atoms with Gasteiger partial charge in [-0.05, 0) is 43.9 Å². The first-order chi connectivity index (χ1) is 14.8. The molecule has 4 rings (SSSR count). The fraction of sp³-hybridized carbons (Fsp3) is 0.455. The lowest BCUT2D eigenvalue weighted by atomic mass is 9.93. The van der Waals surface area contributed by atoms with Crippen LogP contribution < -0.4 is 0 Å². The number of aliphatic carboxylic acids is 1. The van der Waals surface area contributed by atoms with E-state index in [1.807, 2.05) is 11.0 Å². The Kier molecular flexibility index (Phi) is 7.74. The minimum atomic E-state index is -1.02. The van der Waals surface area contributed by atoms with Gasteiger partial charge in [0.05, 0.1) is 12.2 Å². The van der Waals surface area contributed by atoms with Crippen LogP contribution in [0.15, 0.2) is 36.0 Å². The van der Waals surface area contributed by atoms with Crippen molar-refractivity contribution in [2.45, 2.75) is 43.5 Å². The average molecular weight is 481 g/mol. The van der Waals surface area contributed by atoms with E-state index >= 15 is 0 Å². The van der Waals surface area contributed by atoms with Crippen LogP contribution in [0.25, 0.3) is 6.08 Å². The van der Waals surface area contributed by atoms with Crippen LogP contribution in [0, 0.1) is 11.7 Å². The zero-order valence-electron chi connectivity index (χ0n) is 17.6. The summed E-state index contributed by atoms with van der Waals surface area (Å²) < 4.78 is 14.6. The van der Waals surface area contributed by atoms with Gasteiger partial charge in [-0.3, -0.25) is 9.69 Å². The zero-order valence-corrected chi connectivity index (χ0v) is 19.3. The molecule has 0 bridgehead atoms. The number of likely N-dealkylation sites (tertiary alicyclic amines) is 1. The highest BCUT2D eigenvalue weighted by molar-refractivity contribution is 7.81. The monoisotopic (exact) mass is 480 g/mol. The van der Waals surface area contributed by atoms with Crippen molar-refractivity contribution in [1.82, 2.24) is 19.9 Å². The molecule has 1 saturated heterocycles. The second-order valence-corrected chi connectivity index (χ2v) is 8.82. The van der Waals surface area contributed by atoms with E-state index in [0.29, 0.717) is 30.8 Å². The number of carbonyl (C=O) groups excluding carboxylic acids is 1. The molecule has 10 heteroatoms. The van der Waals surface area contributed by atoms with Crippen LogP contribution >= 0.6 is 25.0 Å². The first-order valence-corrected chi connectivity index (χ1v) is 10.9. The lowest BCUT2D eigenvalue weighted by molar-refractivity contribution is -0.141. The predicted molar refractivity (Wildman–Crippen MR) is 123 cm³/mol. The second kappa shape index (κ2) is 10.1. The molecule has 0 amide bonds. The molecule has 1 aromatic heterocycles. The molecule has 0 spiro atoms. The number of thiol groups is 1. The van der Waals surface area contributed by atoms with Crippen molar-refractivity contribution in [1.29, 1.82) is 0 Å². The molecule has 0 radical (unpaired) electrons. The first kappa shape index (κ1) is 24.4. The number of ketones is 1. The minimum absolute atomic E-state index is 0. The number of carboxylic acid groups (broad SMARTS) is 1. The van der Waals surface area contributed by atoms with E-state index in [1.165, 1.54) is 19.2 Å². The maximum absolute atomic E-state index is 14.6. The molecule has 1 aliphatic carbocycles. The van der Waals surface area contributed by atoms with Gasteiger partial charge in [-0.2, -0.15) is 27.6 Å². The molecule has 2 aromatic rings. The summed E-state index contributed by atoms with van der Waals surface area (Å²) in [5.41, 5.74) is 1.88. The quantitative estimate of drug-likeness (QED) is 0.589. The van der Waals surface area contributed by atoms with Gasteiger partial charge in [-0.1, -0.05) is 18.2 Å². The summed E-state index contributed by atoms with van der Waals surface area (Å²) in [6.45, 7) is 2.59. The highest BCUT2D eigenvalue weighted by atomic mass is 35.5. The van der Waals surface area contributed by atoms with Crippen LogP contribution in [-0.2, 0) is 9.59 Å². The van der Waals surface area contributed by atoms with Gasteiger partial charge in [0.15, 0.2) is 11.8 Å². The fourth-order valence-electron chi connectivity index (χ4n) is 3.90. The normalized spacial score (nSPS) is 22.2. The number of nitrogens with zero attached hydrogens (tertiary/aromatic N) is 4. The van der Waals surface area contributed by atoms with Crippen molar-refractivity contribution in [2.75, 3.05) is 13.1 Å². The van der Waals surface area contributed by atoms with E-state index in [2.05, 4.69) is 22.8 Å². The lowest BCUT2D eigenvalue weighted by Crippen LogP contribution is -2.42.